The minimum absolute atomic E-state index is 0.250. The van der Waals surface area contributed by atoms with Gasteiger partial charge in [-0.2, -0.15) is 0 Å². The molecule has 6 heteroatoms. The fourth-order valence-corrected chi connectivity index (χ4v) is 2.08. The van der Waals surface area contributed by atoms with Crippen LogP contribution in [-0.4, -0.2) is 33.3 Å². The third kappa shape index (κ3) is 4.79. The Kier molecular flexibility index (Phi) is 6.11. The van der Waals surface area contributed by atoms with Gasteiger partial charge in [0.05, 0.1) is 26.3 Å². The number of amides is 1. The summed E-state index contributed by atoms with van der Waals surface area (Å²) >= 11 is 5.80. The van der Waals surface area contributed by atoms with Gasteiger partial charge in [0.15, 0.2) is 0 Å². The third-order valence-electron chi connectivity index (χ3n) is 3.12. The number of carbonyl (C=O) groups is 1. The molecule has 0 unspecified atom stereocenters. The van der Waals surface area contributed by atoms with Crippen molar-refractivity contribution < 1.29 is 19.0 Å². The highest BCUT2D eigenvalue weighted by molar-refractivity contribution is 6.30. The van der Waals surface area contributed by atoms with Crippen LogP contribution in [0.1, 0.15) is 10.4 Å². The van der Waals surface area contributed by atoms with Crippen molar-refractivity contribution in [1.29, 1.82) is 0 Å². The van der Waals surface area contributed by atoms with E-state index in [1.165, 1.54) is 7.11 Å². The van der Waals surface area contributed by atoms with Crippen LogP contribution < -0.4 is 19.5 Å². The highest BCUT2D eigenvalue weighted by atomic mass is 35.5. The second-order valence-corrected chi connectivity index (χ2v) is 5.06. The molecule has 122 valence electrons. The lowest BCUT2D eigenvalue weighted by Crippen LogP contribution is -2.28. The number of hydrogen-bond acceptors (Lipinski definition) is 4. The molecule has 2 rings (SSSR count). The van der Waals surface area contributed by atoms with E-state index in [1.807, 2.05) is 0 Å². The lowest BCUT2D eigenvalue weighted by molar-refractivity contribution is 0.0943. The predicted molar refractivity (Wildman–Crippen MR) is 88.8 cm³/mol. The Hall–Kier alpha value is -2.40. The van der Waals surface area contributed by atoms with Gasteiger partial charge in [-0.15, -0.1) is 0 Å². The van der Waals surface area contributed by atoms with Gasteiger partial charge in [-0.1, -0.05) is 11.6 Å². The first kappa shape index (κ1) is 17.0. The summed E-state index contributed by atoms with van der Waals surface area (Å²) in [5.74, 6) is 1.53. The van der Waals surface area contributed by atoms with E-state index in [2.05, 4.69) is 5.32 Å². The molecule has 2 aromatic rings. The maximum atomic E-state index is 12.2. The first-order chi connectivity index (χ1) is 11.1. The molecule has 0 atom stereocenters. The number of hydrogen-bond donors (Lipinski definition) is 1. The van der Waals surface area contributed by atoms with E-state index < -0.39 is 0 Å². The lowest BCUT2D eigenvalue weighted by atomic mass is 10.1. The van der Waals surface area contributed by atoms with E-state index in [0.29, 0.717) is 41.0 Å². The Labute approximate surface area is 140 Å². The van der Waals surface area contributed by atoms with Crippen molar-refractivity contribution in [3.8, 4) is 17.2 Å². The van der Waals surface area contributed by atoms with Crippen LogP contribution in [0.2, 0.25) is 5.02 Å². The van der Waals surface area contributed by atoms with Crippen LogP contribution in [-0.2, 0) is 0 Å². The normalized spacial score (nSPS) is 10.0. The Bertz CT molecular complexity index is 658. The summed E-state index contributed by atoms with van der Waals surface area (Å²) < 4.78 is 15.8. The molecular weight excluding hydrogens is 318 g/mol. The number of benzene rings is 2. The zero-order chi connectivity index (χ0) is 16.7. The van der Waals surface area contributed by atoms with Crippen molar-refractivity contribution in [2.75, 3.05) is 27.4 Å². The van der Waals surface area contributed by atoms with Gasteiger partial charge in [0, 0.05) is 5.02 Å². The molecule has 23 heavy (non-hydrogen) atoms. The maximum Gasteiger partial charge on any atom is 0.255 e. The van der Waals surface area contributed by atoms with E-state index in [1.54, 1.807) is 49.6 Å². The lowest BCUT2D eigenvalue weighted by Gasteiger charge is -2.11. The van der Waals surface area contributed by atoms with Crippen molar-refractivity contribution in [2.24, 2.45) is 0 Å². The van der Waals surface area contributed by atoms with E-state index >= 15 is 0 Å². The average molecular weight is 336 g/mol. The van der Waals surface area contributed by atoms with Crippen molar-refractivity contribution in [3.63, 3.8) is 0 Å². The Balaban J connectivity index is 1.88. The van der Waals surface area contributed by atoms with Crippen LogP contribution in [0, 0.1) is 0 Å². The van der Waals surface area contributed by atoms with E-state index in [-0.39, 0.29) is 5.91 Å². The average Bonchev–Trinajstić information content (AvgIpc) is 2.59. The van der Waals surface area contributed by atoms with Crippen molar-refractivity contribution in [1.82, 2.24) is 5.32 Å². The van der Waals surface area contributed by atoms with Gasteiger partial charge in [0.25, 0.3) is 5.91 Å². The monoisotopic (exact) mass is 335 g/mol. The van der Waals surface area contributed by atoms with Gasteiger partial charge in [0.1, 0.15) is 23.9 Å². The molecule has 0 fully saturated rings. The van der Waals surface area contributed by atoms with Crippen molar-refractivity contribution in [3.05, 3.63) is 53.1 Å². The van der Waals surface area contributed by atoms with E-state index in [9.17, 15) is 4.79 Å². The molecule has 0 aliphatic heterocycles. The predicted octanol–water partition coefficient (Wildman–Crippen LogP) is 3.17. The van der Waals surface area contributed by atoms with Crippen LogP contribution >= 0.6 is 11.6 Å². The van der Waals surface area contributed by atoms with Crippen molar-refractivity contribution in [2.45, 2.75) is 0 Å². The van der Waals surface area contributed by atoms with Gasteiger partial charge >= 0.3 is 0 Å². The summed E-state index contributed by atoms with van der Waals surface area (Å²) in [4.78, 5) is 12.2. The van der Waals surface area contributed by atoms with Crippen molar-refractivity contribution >= 4 is 17.5 Å². The highest BCUT2D eigenvalue weighted by Gasteiger charge is 2.13. The summed E-state index contributed by atoms with van der Waals surface area (Å²) in [6, 6.07) is 12.1. The summed E-state index contributed by atoms with van der Waals surface area (Å²) in [5.41, 5.74) is 0.415. The quantitative estimate of drug-likeness (QED) is 0.790. The van der Waals surface area contributed by atoms with Crippen LogP contribution in [0.3, 0.4) is 0 Å². The largest absolute Gasteiger partial charge is 0.497 e. The van der Waals surface area contributed by atoms with Gasteiger partial charge in [-0.25, -0.2) is 0 Å². The Morgan fingerprint density at radius 2 is 1.74 bits per heavy atom. The van der Waals surface area contributed by atoms with Gasteiger partial charge < -0.3 is 19.5 Å². The Morgan fingerprint density at radius 3 is 2.39 bits per heavy atom. The summed E-state index contributed by atoms with van der Waals surface area (Å²) in [5, 5.41) is 3.43. The SMILES string of the molecule is COc1ccc(OC)c(C(=O)NCCOc2ccc(Cl)cc2)c1. The second kappa shape index (κ2) is 8.29. The molecule has 1 amide bonds. The second-order valence-electron chi connectivity index (χ2n) is 4.62. The standard InChI is InChI=1S/C17H18ClNO4/c1-21-14-7-8-16(22-2)15(11-14)17(20)19-9-10-23-13-5-3-12(18)4-6-13/h3-8,11H,9-10H2,1-2H3,(H,19,20). The van der Waals surface area contributed by atoms with E-state index in [0.717, 1.165) is 0 Å². The minimum atomic E-state index is -0.250. The number of ether oxygens (including phenoxy) is 3. The molecule has 0 saturated heterocycles. The molecule has 0 radical (unpaired) electrons. The first-order valence-electron chi connectivity index (χ1n) is 7.02. The fraction of sp³-hybridized carbons (Fsp3) is 0.235. The van der Waals surface area contributed by atoms with E-state index in [4.69, 9.17) is 25.8 Å². The molecule has 0 aromatic heterocycles. The molecule has 5 nitrogen and oxygen atoms in total. The first-order valence-corrected chi connectivity index (χ1v) is 7.40. The van der Waals surface area contributed by atoms with Crippen LogP contribution in [0.5, 0.6) is 17.2 Å². The molecule has 0 heterocycles. The summed E-state index contributed by atoms with van der Waals surface area (Å²) in [6.45, 7) is 0.710. The van der Waals surface area contributed by atoms with Crippen LogP contribution in [0.4, 0.5) is 0 Å². The molecule has 0 bridgehead atoms. The number of carbonyl (C=O) groups excluding carboxylic acids is 1. The number of nitrogens with one attached hydrogen (secondary N) is 1. The molecule has 0 spiro atoms. The fourth-order valence-electron chi connectivity index (χ4n) is 1.95. The smallest absolute Gasteiger partial charge is 0.255 e. The number of rotatable bonds is 7. The molecule has 1 N–H and O–H groups in total. The van der Waals surface area contributed by atoms with Gasteiger partial charge in [-0.3, -0.25) is 4.79 Å². The third-order valence-corrected chi connectivity index (χ3v) is 3.37. The summed E-state index contributed by atoms with van der Waals surface area (Å²) in [7, 11) is 3.06. The molecule has 0 aliphatic carbocycles. The maximum absolute atomic E-state index is 12.2. The van der Waals surface area contributed by atoms with Crippen LogP contribution in [0.25, 0.3) is 0 Å². The Morgan fingerprint density at radius 1 is 1.04 bits per heavy atom. The molecule has 0 aliphatic rings. The van der Waals surface area contributed by atoms with Gasteiger partial charge in [-0.05, 0) is 42.5 Å². The molecule has 0 saturated carbocycles. The summed E-state index contributed by atoms with van der Waals surface area (Å²) in [6.07, 6.45) is 0. The topological polar surface area (TPSA) is 56.8 Å². The molecular formula is C17H18ClNO4. The number of halogens is 1. The zero-order valence-corrected chi connectivity index (χ0v) is 13.7. The minimum Gasteiger partial charge on any atom is -0.497 e. The van der Waals surface area contributed by atoms with Gasteiger partial charge in [0.2, 0.25) is 0 Å². The van der Waals surface area contributed by atoms with Crippen LogP contribution in [0.15, 0.2) is 42.5 Å². The zero-order valence-electron chi connectivity index (χ0n) is 13.0. The molecule has 2 aromatic carbocycles. The number of methoxy groups -OCH3 is 2. The highest BCUT2D eigenvalue weighted by Crippen LogP contribution is 2.23.